The molecule has 0 aliphatic heterocycles. The molecular weight excluding hydrogens is 234 g/mol. The first kappa shape index (κ1) is 16.2. The van der Waals surface area contributed by atoms with Gasteiger partial charge in [0.2, 0.25) is 0 Å². The van der Waals surface area contributed by atoms with Gasteiger partial charge in [0, 0.05) is 6.61 Å². The van der Waals surface area contributed by atoms with Gasteiger partial charge in [-0.05, 0) is 50.8 Å². The van der Waals surface area contributed by atoms with E-state index >= 15 is 0 Å². The molecule has 0 saturated carbocycles. The van der Waals surface area contributed by atoms with Crippen LogP contribution in [-0.2, 0) is 4.74 Å². The number of unbranched alkanes of at least 4 members (excludes halogenated alkanes) is 2. The van der Waals surface area contributed by atoms with Gasteiger partial charge in [0.15, 0.2) is 0 Å². The van der Waals surface area contributed by atoms with Gasteiger partial charge in [-0.2, -0.15) is 0 Å². The van der Waals surface area contributed by atoms with Gasteiger partial charge in [-0.1, -0.05) is 44.2 Å². The van der Waals surface area contributed by atoms with Gasteiger partial charge in [0.05, 0.1) is 6.10 Å². The van der Waals surface area contributed by atoms with Crippen LogP contribution in [0.15, 0.2) is 30.3 Å². The molecule has 1 atom stereocenters. The Morgan fingerprint density at radius 3 is 2.42 bits per heavy atom. The molecule has 0 heterocycles. The topological polar surface area (TPSA) is 21.3 Å². The lowest BCUT2D eigenvalue weighted by atomic mass is 10.1. The Bertz CT molecular complexity index is 310. The molecule has 19 heavy (non-hydrogen) atoms. The molecule has 1 unspecified atom stereocenters. The highest BCUT2D eigenvalue weighted by atomic mass is 16.5. The largest absolute Gasteiger partial charge is 0.374 e. The number of rotatable bonds is 10. The van der Waals surface area contributed by atoms with Gasteiger partial charge in [-0.25, -0.2) is 0 Å². The second kappa shape index (κ2) is 9.99. The van der Waals surface area contributed by atoms with Crippen molar-refractivity contribution in [3.8, 4) is 0 Å². The molecule has 0 bridgehead atoms. The quantitative estimate of drug-likeness (QED) is 0.639. The molecule has 0 spiro atoms. The van der Waals surface area contributed by atoms with Gasteiger partial charge < -0.3 is 10.1 Å². The van der Waals surface area contributed by atoms with E-state index in [2.05, 4.69) is 50.4 Å². The number of benzene rings is 1. The fourth-order valence-corrected chi connectivity index (χ4v) is 2.00. The summed E-state index contributed by atoms with van der Waals surface area (Å²) in [6.45, 7) is 9.73. The molecule has 1 rings (SSSR count). The lowest BCUT2D eigenvalue weighted by Crippen LogP contribution is -2.20. The van der Waals surface area contributed by atoms with Crippen LogP contribution in [0.3, 0.4) is 0 Å². The predicted molar refractivity (Wildman–Crippen MR) is 82.4 cm³/mol. The van der Waals surface area contributed by atoms with Crippen molar-refractivity contribution in [3.05, 3.63) is 35.9 Å². The fraction of sp³-hybridized carbons (Fsp3) is 0.647. The van der Waals surface area contributed by atoms with Crippen LogP contribution in [-0.4, -0.2) is 19.7 Å². The summed E-state index contributed by atoms with van der Waals surface area (Å²) in [6.07, 6.45) is 3.85. The molecule has 108 valence electrons. The monoisotopic (exact) mass is 263 g/mol. The van der Waals surface area contributed by atoms with Crippen molar-refractivity contribution in [2.24, 2.45) is 5.92 Å². The van der Waals surface area contributed by atoms with Gasteiger partial charge in [-0.3, -0.25) is 0 Å². The molecule has 1 aromatic rings. The average molecular weight is 263 g/mol. The summed E-state index contributed by atoms with van der Waals surface area (Å²) in [5, 5.41) is 3.47. The molecule has 2 heteroatoms. The molecule has 1 aromatic carbocycles. The average Bonchev–Trinajstić information content (AvgIpc) is 2.42. The zero-order valence-electron chi connectivity index (χ0n) is 12.7. The Labute approximate surface area is 118 Å². The Morgan fingerprint density at radius 1 is 1.00 bits per heavy atom. The van der Waals surface area contributed by atoms with Crippen molar-refractivity contribution in [2.75, 3.05) is 19.7 Å². The van der Waals surface area contributed by atoms with E-state index in [1.165, 1.54) is 18.4 Å². The predicted octanol–water partition coefficient (Wildman–Crippen LogP) is 4.18. The third-order valence-electron chi connectivity index (χ3n) is 3.19. The first-order chi connectivity index (χ1) is 9.20. The Kier molecular flexibility index (Phi) is 8.52. The Hall–Kier alpha value is -0.860. The van der Waals surface area contributed by atoms with Crippen LogP contribution in [0.25, 0.3) is 0 Å². The molecule has 2 nitrogen and oxygen atoms in total. The molecule has 0 fully saturated rings. The lowest BCUT2D eigenvalue weighted by molar-refractivity contribution is 0.0628. The van der Waals surface area contributed by atoms with E-state index in [0.717, 1.165) is 32.0 Å². The van der Waals surface area contributed by atoms with Gasteiger partial charge in [0.1, 0.15) is 0 Å². The number of nitrogens with one attached hydrogen (secondary N) is 1. The summed E-state index contributed by atoms with van der Waals surface area (Å²) in [5.74, 6) is 0.745. The smallest absolute Gasteiger partial charge is 0.0796 e. The maximum absolute atomic E-state index is 5.85. The van der Waals surface area contributed by atoms with Crippen LogP contribution in [0, 0.1) is 5.92 Å². The van der Waals surface area contributed by atoms with Crippen LogP contribution >= 0.6 is 0 Å². The van der Waals surface area contributed by atoms with Crippen molar-refractivity contribution in [3.63, 3.8) is 0 Å². The maximum atomic E-state index is 5.85. The van der Waals surface area contributed by atoms with E-state index in [1.807, 2.05) is 6.07 Å². The van der Waals surface area contributed by atoms with E-state index in [1.54, 1.807) is 0 Å². The summed E-state index contributed by atoms with van der Waals surface area (Å²) in [4.78, 5) is 0. The summed E-state index contributed by atoms with van der Waals surface area (Å²) in [6, 6.07) is 10.4. The molecule has 0 aliphatic rings. The van der Waals surface area contributed by atoms with Gasteiger partial charge in [-0.15, -0.1) is 0 Å². The zero-order chi connectivity index (χ0) is 13.9. The van der Waals surface area contributed by atoms with E-state index in [0.29, 0.717) is 0 Å². The molecule has 1 N–H and O–H groups in total. The highest BCUT2D eigenvalue weighted by Crippen LogP contribution is 2.16. The van der Waals surface area contributed by atoms with E-state index in [9.17, 15) is 0 Å². The molecule has 0 saturated heterocycles. The molecular formula is C17H29NO. The van der Waals surface area contributed by atoms with Crippen LogP contribution in [0.4, 0.5) is 0 Å². The van der Waals surface area contributed by atoms with Gasteiger partial charge in [0.25, 0.3) is 0 Å². The van der Waals surface area contributed by atoms with E-state index in [4.69, 9.17) is 4.74 Å². The minimum absolute atomic E-state index is 0.209. The standard InChI is InChI=1S/C17H29NO/c1-15(2)14-18-12-8-5-9-13-19-16(3)17-10-6-4-7-11-17/h4,6-7,10-11,15-16,18H,5,8-9,12-14H2,1-3H3. The molecule has 0 amide bonds. The van der Waals surface area contributed by atoms with Crippen molar-refractivity contribution < 1.29 is 4.74 Å². The Morgan fingerprint density at radius 2 is 1.74 bits per heavy atom. The first-order valence-corrected chi connectivity index (χ1v) is 7.57. The summed E-state index contributed by atoms with van der Waals surface area (Å²) in [5.41, 5.74) is 1.26. The van der Waals surface area contributed by atoms with Crippen LogP contribution in [0.5, 0.6) is 0 Å². The zero-order valence-corrected chi connectivity index (χ0v) is 12.7. The summed E-state index contributed by atoms with van der Waals surface area (Å²) in [7, 11) is 0. The van der Waals surface area contributed by atoms with Crippen molar-refractivity contribution in [1.82, 2.24) is 5.32 Å². The normalized spacial score (nSPS) is 12.8. The van der Waals surface area contributed by atoms with Crippen LogP contribution < -0.4 is 5.32 Å². The molecule has 0 radical (unpaired) electrons. The van der Waals surface area contributed by atoms with Crippen molar-refractivity contribution >= 4 is 0 Å². The minimum atomic E-state index is 0.209. The summed E-state index contributed by atoms with van der Waals surface area (Å²) >= 11 is 0. The van der Waals surface area contributed by atoms with E-state index in [-0.39, 0.29) is 6.10 Å². The van der Waals surface area contributed by atoms with E-state index < -0.39 is 0 Å². The lowest BCUT2D eigenvalue weighted by Gasteiger charge is -2.13. The highest BCUT2D eigenvalue weighted by molar-refractivity contribution is 5.16. The molecule has 0 aromatic heterocycles. The third-order valence-corrected chi connectivity index (χ3v) is 3.19. The minimum Gasteiger partial charge on any atom is -0.374 e. The van der Waals surface area contributed by atoms with Crippen molar-refractivity contribution in [2.45, 2.75) is 46.1 Å². The highest BCUT2D eigenvalue weighted by Gasteiger charge is 2.03. The number of hydrogen-bond acceptors (Lipinski definition) is 2. The number of ether oxygens (including phenoxy) is 1. The second-order valence-corrected chi connectivity index (χ2v) is 5.58. The maximum Gasteiger partial charge on any atom is 0.0796 e. The van der Waals surface area contributed by atoms with Crippen LogP contribution in [0.1, 0.15) is 51.7 Å². The molecule has 0 aliphatic carbocycles. The van der Waals surface area contributed by atoms with Crippen molar-refractivity contribution in [1.29, 1.82) is 0 Å². The van der Waals surface area contributed by atoms with Gasteiger partial charge >= 0.3 is 0 Å². The fourth-order valence-electron chi connectivity index (χ4n) is 2.00. The number of hydrogen-bond donors (Lipinski definition) is 1. The first-order valence-electron chi connectivity index (χ1n) is 7.57. The van der Waals surface area contributed by atoms with Crippen LogP contribution in [0.2, 0.25) is 0 Å². The summed E-state index contributed by atoms with van der Waals surface area (Å²) < 4.78 is 5.85. The SMILES string of the molecule is CC(C)CNCCCCCOC(C)c1ccccc1. The second-order valence-electron chi connectivity index (χ2n) is 5.58. The Balaban J connectivity index is 1.96. The third kappa shape index (κ3) is 8.02.